The Labute approximate surface area is 136 Å². The molecule has 0 aromatic carbocycles. The van der Waals surface area contributed by atoms with E-state index in [-0.39, 0.29) is 17.6 Å². The van der Waals surface area contributed by atoms with Crippen LogP contribution in [0.4, 0.5) is 5.88 Å². The Balaban J connectivity index is 1.72. The average molecular weight is 339 g/mol. The zero-order valence-electron chi connectivity index (χ0n) is 12.4. The molecule has 2 heterocycles. The standard InChI is InChI=1S/C14H15ClN4O4/c1-10-12(15)9-18(17-10)8-2-7-16-13(20)5-3-11-4-6-14(23-11)19(21)22/h3-6,9H,2,7-8H2,1H3,(H,16,20)/b5-3+. The number of carbonyl (C=O) groups excluding carboxylic acids is 1. The molecule has 0 saturated heterocycles. The van der Waals surface area contributed by atoms with Gasteiger partial charge in [-0.05, 0) is 25.5 Å². The molecule has 0 saturated carbocycles. The summed E-state index contributed by atoms with van der Waals surface area (Å²) >= 11 is 5.90. The summed E-state index contributed by atoms with van der Waals surface area (Å²) in [5.41, 5.74) is 0.770. The molecule has 0 bridgehead atoms. The van der Waals surface area contributed by atoms with Crippen molar-refractivity contribution in [2.75, 3.05) is 6.54 Å². The molecule has 0 aliphatic rings. The molecule has 8 nitrogen and oxygen atoms in total. The molecule has 0 unspecified atom stereocenters. The second kappa shape index (κ2) is 7.59. The molecule has 0 radical (unpaired) electrons. The van der Waals surface area contributed by atoms with Gasteiger partial charge < -0.3 is 9.73 Å². The molecular formula is C14H15ClN4O4. The van der Waals surface area contributed by atoms with Crippen LogP contribution in [0.1, 0.15) is 17.9 Å². The summed E-state index contributed by atoms with van der Waals surface area (Å²) in [6.45, 7) is 2.93. The van der Waals surface area contributed by atoms with Gasteiger partial charge in [0.25, 0.3) is 0 Å². The zero-order valence-corrected chi connectivity index (χ0v) is 13.1. The van der Waals surface area contributed by atoms with E-state index in [1.807, 2.05) is 6.92 Å². The molecule has 2 aromatic rings. The summed E-state index contributed by atoms with van der Waals surface area (Å²) in [6, 6.07) is 2.65. The first-order chi connectivity index (χ1) is 11.0. The monoisotopic (exact) mass is 338 g/mol. The summed E-state index contributed by atoms with van der Waals surface area (Å²) in [7, 11) is 0. The number of carbonyl (C=O) groups is 1. The third-order valence-corrected chi connectivity index (χ3v) is 3.31. The number of aromatic nitrogens is 2. The number of hydrogen-bond donors (Lipinski definition) is 1. The molecule has 122 valence electrons. The number of nitro groups is 1. The predicted molar refractivity (Wildman–Crippen MR) is 84.0 cm³/mol. The van der Waals surface area contributed by atoms with Crippen LogP contribution in [0, 0.1) is 17.0 Å². The number of halogens is 1. The highest BCUT2D eigenvalue weighted by atomic mass is 35.5. The van der Waals surface area contributed by atoms with Crippen LogP contribution in [-0.4, -0.2) is 27.2 Å². The predicted octanol–water partition coefficient (Wildman–Crippen LogP) is 2.57. The van der Waals surface area contributed by atoms with Crippen molar-refractivity contribution < 1.29 is 14.1 Å². The van der Waals surface area contributed by atoms with Gasteiger partial charge >= 0.3 is 5.88 Å². The number of amides is 1. The number of nitrogens with zero attached hydrogens (tertiary/aromatic N) is 3. The van der Waals surface area contributed by atoms with Gasteiger partial charge in [-0.3, -0.25) is 19.6 Å². The lowest BCUT2D eigenvalue weighted by Gasteiger charge is -2.02. The molecule has 0 fully saturated rings. The van der Waals surface area contributed by atoms with Gasteiger partial charge in [0.05, 0.1) is 16.8 Å². The number of rotatable bonds is 7. The second-order valence-electron chi connectivity index (χ2n) is 4.74. The van der Waals surface area contributed by atoms with Crippen LogP contribution in [0.5, 0.6) is 0 Å². The number of aryl methyl sites for hydroxylation is 2. The molecule has 0 aliphatic carbocycles. The molecule has 0 atom stereocenters. The maximum Gasteiger partial charge on any atom is 0.433 e. The molecule has 0 aliphatic heterocycles. The fraction of sp³-hybridized carbons (Fsp3) is 0.286. The van der Waals surface area contributed by atoms with Crippen molar-refractivity contribution in [3.8, 4) is 0 Å². The van der Waals surface area contributed by atoms with Crippen molar-refractivity contribution in [2.45, 2.75) is 19.9 Å². The van der Waals surface area contributed by atoms with E-state index in [0.717, 1.165) is 5.69 Å². The number of furan rings is 1. The summed E-state index contributed by atoms with van der Waals surface area (Å²) in [4.78, 5) is 21.4. The topological polar surface area (TPSA) is 103 Å². The van der Waals surface area contributed by atoms with Crippen LogP contribution in [0.2, 0.25) is 5.02 Å². The third kappa shape index (κ3) is 4.96. The minimum atomic E-state index is -0.638. The number of nitrogens with one attached hydrogen (secondary N) is 1. The SMILES string of the molecule is Cc1nn(CCCNC(=O)/C=C/c2ccc([N+](=O)[O-])o2)cc1Cl. The van der Waals surface area contributed by atoms with Gasteiger partial charge in [0.2, 0.25) is 5.91 Å². The molecule has 2 rings (SSSR count). The fourth-order valence-corrected chi connectivity index (χ4v) is 1.96. The fourth-order valence-electron chi connectivity index (χ4n) is 1.81. The lowest BCUT2D eigenvalue weighted by atomic mass is 10.3. The molecule has 23 heavy (non-hydrogen) atoms. The molecule has 9 heteroatoms. The maximum atomic E-state index is 11.6. The highest BCUT2D eigenvalue weighted by Crippen LogP contribution is 2.16. The van der Waals surface area contributed by atoms with Crippen LogP contribution >= 0.6 is 11.6 Å². The molecular weight excluding hydrogens is 324 g/mol. The van der Waals surface area contributed by atoms with Crippen molar-refractivity contribution >= 4 is 29.5 Å². The Morgan fingerprint density at radius 2 is 2.35 bits per heavy atom. The van der Waals surface area contributed by atoms with Gasteiger partial charge in [-0.1, -0.05) is 11.6 Å². The van der Waals surface area contributed by atoms with Gasteiger partial charge in [-0.25, -0.2) is 0 Å². The second-order valence-corrected chi connectivity index (χ2v) is 5.14. The first-order valence-corrected chi connectivity index (χ1v) is 7.23. The normalized spacial score (nSPS) is 11.0. The largest absolute Gasteiger partial charge is 0.433 e. The van der Waals surface area contributed by atoms with Gasteiger partial charge in [0.1, 0.15) is 10.7 Å². The maximum absolute atomic E-state index is 11.6. The van der Waals surface area contributed by atoms with E-state index in [9.17, 15) is 14.9 Å². The molecule has 1 amide bonds. The Morgan fingerprint density at radius 1 is 1.57 bits per heavy atom. The zero-order chi connectivity index (χ0) is 16.8. The quantitative estimate of drug-likeness (QED) is 0.361. The Bertz CT molecular complexity index is 715. The van der Waals surface area contributed by atoms with E-state index in [0.29, 0.717) is 24.5 Å². The number of hydrogen-bond acceptors (Lipinski definition) is 5. The van der Waals surface area contributed by atoms with E-state index in [1.54, 1.807) is 10.9 Å². The van der Waals surface area contributed by atoms with E-state index in [2.05, 4.69) is 10.4 Å². The van der Waals surface area contributed by atoms with Crippen LogP contribution in [0.25, 0.3) is 6.08 Å². The molecule has 1 N–H and O–H groups in total. The third-order valence-electron chi connectivity index (χ3n) is 2.94. The van der Waals surface area contributed by atoms with Crippen LogP contribution in [0.15, 0.2) is 28.8 Å². The molecule has 2 aromatic heterocycles. The summed E-state index contributed by atoms with van der Waals surface area (Å²) < 4.78 is 6.63. The van der Waals surface area contributed by atoms with E-state index >= 15 is 0 Å². The minimum Gasteiger partial charge on any atom is -0.401 e. The van der Waals surface area contributed by atoms with Gasteiger partial charge in [-0.15, -0.1) is 0 Å². The van der Waals surface area contributed by atoms with Crippen LogP contribution < -0.4 is 5.32 Å². The first kappa shape index (κ1) is 16.8. The highest BCUT2D eigenvalue weighted by Gasteiger charge is 2.10. The Morgan fingerprint density at radius 3 is 2.96 bits per heavy atom. The summed E-state index contributed by atoms with van der Waals surface area (Å²) in [5.74, 6) is -0.425. The van der Waals surface area contributed by atoms with Crippen LogP contribution in [0.3, 0.4) is 0 Å². The summed E-state index contributed by atoms with van der Waals surface area (Å²) in [5, 5.41) is 18.0. The lowest BCUT2D eigenvalue weighted by Crippen LogP contribution is -2.23. The lowest BCUT2D eigenvalue weighted by molar-refractivity contribution is -0.402. The smallest absolute Gasteiger partial charge is 0.401 e. The van der Waals surface area contributed by atoms with Crippen molar-refractivity contribution in [1.82, 2.24) is 15.1 Å². The van der Waals surface area contributed by atoms with Gasteiger partial charge in [-0.2, -0.15) is 5.10 Å². The van der Waals surface area contributed by atoms with Crippen molar-refractivity contribution in [1.29, 1.82) is 0 Å². The van der Waals surface area contributed by atoms with E-state index in [1.165, 1.54) is 24.3 Å². The van der Waals surface area contributed by atoms with E-state index in [4.69, 9.17) is 16.0 Å². The van der Waals surface area contributed by atoms with Crippen molar-refractivity contribution in [2.24, 2.45) is 0 Å². The van der Waals surface area contributed by atoms with Crippen molar-refractivity contribution in [3.63, 3.8) is 0 Å². The summed E-state index contributed by atoms with van der Waals surface area (Å²) in [6.07, 6.45) is 5.07. The van der Waals surface area contributed by atoms with Gasteiger partial charge in [0.15, 0.2) is 0 Å². The Kier molecular flexibility index (Phi) is 5.53. The first-order valence-electron chi connectivity index (χ1n) is 6.85. The average Bonchev–Trinajstić information content (AvgIpc) is 3.09. The van der Waals surface area contributed by atoms with E-state index < -0.39 is 4.92 Å². The molecule has 0 spiro atoms. The highest BCUT2D eigenvalue weighted by molar-refractivity contribution is 6.31. The van der Waals surface area contributed by atoms with Crippen LogP contribution in [-0.2, 0) is 11.3 Å². The van der Waals surface area contributed by atoms with Crippen molar-refractivity contribution in [3.05, 3.63) is 51.0 Å². The minimum absolute atomic E-state index is 0.244. The van der Waals surface area contributed by atoms with Gasteiger partial charge in [0, 0.05) is 25.4 Å². The Hall–Kier alpha value is -2.61.